The first kappa shape index (κ1) is 18.5. The van der Waals surface area contributed by atoms with Gasteiger partial charge in [-0.3, -0.25) is 0 Å². The number of anilines is 1. The molecule has 3 rings (SSSR count). The second-order valence-corrected chi connectivity index (χ2v) is 5.89. The molecule has 0 bridgehead atoms. The number of hydrogen-bond acceptors (Lipinski definition) is 4. The van der Waals surface area contributed by atoms with Crippen LogP contribution in [0.1, 0.15) is 16.9 Å². The highest BCUT2D eigenvalue weighted by molar-refractivity contribution is 5.89. The average Bonchev–Trinajstić information content (AvgIpc) is 3.20. The lowest BCUT2D eigenvalue weighted by atomic mass is 10.2. The third-order valence-corrected chi connectivity index (χ3v) is 3.91. The van der Waals surface area contributed by atoms with Crippen molar-refractivity contribution in [3.63, 3.8) is 0 Å². The van der Waals surface area contributed by atoms with Crippen LogP contribution in [0.25, 0.3) is 0 Å². The molecule has 0 aliphatic heterocycles. The SMILES string of the molecule is COc1ccccc1CNC(=O)Nc1cccc(COCc2ccco2)c1. The van der Waals surface area contributed by atoms with Gasteiger partial charge in [0.05, 0.1) is 20.0 Å². The monoisotopic (exact) mass is 366 g/mol. The highest BCUT2D eigenvalue weighted by Gasteiger charge is 2.06. The number of furan rings is 1. The summed E-state index contributed by atoms with van der Waals surface area (Å²) in [6.07, 6.45) is 1.62. The van der Waals surface area contributed by atoms with Crippen LogP contribution in [0.4, 0.5) is 10.5 Å². The van der Waals surface area contributed by atoms with Gasteiger partial charge in [-0.15, -0.1) is 0 Å². The summed E-state index contributed by atoms with van der Waals surface area (Å²) in [7, 11) is 1.61. The number of carbonyl (C=O) groups is 1. The van der Waals surface area contributed by atoms with Gasteiger partial charge in [-0.2, -0.15) is 0 Å². The summed E-state index contributed by atoms with van der Waals surface area (Å²) < 4.78 is 16.1. The summed E-state index contributed by atoms with van der Waals surface area (Å²) in [5.41, 5.74) is 2.57. The maximum absolute atomic E-state index is 12.2. The first-order valence-corrected chi connectivity index (χ1v) is 8.60. The van der Waals surface area contributed by atoms with Crippen molar-refractivity contribution in [3.8, 4) is 5.75 Å². The van der Waals surface area contributed by atoms with Crippen molar-refractivity contribution in [2.45, 2.75) is 19.8 Å². The number of carbonyl (C=O) groups excluding carboxylic acids is 1. The van der Waals surface area contributed by atoms with Crippen LogP contribution in [0.15, 0.2) is 71.3 Å². The minimum Gasteiger partial charge on any atom is -0.496 e. The zero-order chi connectivity index (χ0) is 18.9. The fourth-order valence-corrected chi connectivity index (χ4v) is 2.60. The van der Waals surface area contributed by atoms with Gasteiger partial charge in [0.2, 0.25) is 0 Å². The van der Waals surface area contributed by atoms with Crippen molar-refractivity contribution < 1.29 is 18.7 Å². The molecular formula is C21H22N2O4. The molecule has 0 spiro atoms. The van der Waals surface area contributed by atoms with Crippen molar-refractivity contribution >= 4 is 11.7 Å². The van der Waals surface area contributed by atoms with Crippen molar-refractivity contribution in [1.29, 1.82) is 0 Å². The maximum Gasteiger partial charge on any atom is 0.319 e. The van der Waals surface area contributed by atoms with Gasteiger partial charge in [0.25, 0.3) is 0 Å². The van der Waals surface area contributed by atoms with E-state index in [4.69, 9.17) is 13.9 Å². The fourth-order valence-electron chi connectivity index (χ4n) is 2.60. The molecule has 27 heavy (non-hydrogen) atoms. The van der Waals surface area contributed by atoms with Crippen molar-refractivity contribution in [1.82, 2.24) is 5.32 Å². The van der Waals surface area contributed by atoms with E-state index in [1.807, 2.05) is 60.7 Å². The van der Waals surface area contributed by atoms with Crippen LogP contribution in [-0.4, -0.2) is 13.1 Å². The van der Waals surface area contributed by atoms with Gasteiger partial charge < -0.3 is 24.5 Å². The molecule has 0 fully saturated rings. The second-order valence-electron chi connectivity index (χ2n) is 5.89. The number of amides is 2. The molecule has 2 N–H and O–H groups in total. The average molecular weight is 366 g/mol. The van der Waals surface area contributed by atoms with E-state index in [9.17, 15) is 4.79 Å². The molecule has 2 amide bonds. The minimum atomic E-state index is -0.283. The lowest BCUT2D eigenvalue weighted by Gasteiger charge is -2.11. The van der Waals surface area contributed by atoms with Gasteiger partial charge in [-0.1, -0.05) is 30.3 Å². The summed E-state index contributed by atoms with van der Waals surface area (Å²) >= 11 is 0. The molecule has 0 aliphatic rings. The van der Waals surface area contributed by atoms with Crippen molar-refractivity contribution in [2.24, 2.45) is 0 Å². The van der Waals surface area contributed by atoms with Gasteiger partial charge in [-0.05, 0) is 35.9 Å². The van der Waals surface area contributed by atoms with Crippen LogP contribution in [0, 0.1) is 0 Å². The molecule has 0 aliphatic carbocycles. The Labute approximate surface area is 158 Å². The molecule has 6 heteroatoms. The molecule has 0 saturated heterocycles. The number of benzene rings is 2. The zero-order valence-electron chi connectivity index (χ0n) is 15.1. The standard InChI is InChI=1S/C21H22N2O4/c1-25-20-10-3-2-7-17(20)13-22-21(24)23-18-8-4-6-16(12-18)14-26-15-19-9-5-11-27-19/h2-12H,13-15H2,1H3,(H2,22,23,24). The Balaban J connectivity index is 1.48. The Morgan fingerprint density at radius 3 is 2.74 bits per heavy atom. The number of ether oxygens (including phenoxy) is 2. The van der Waals surface area contributed by atoms with Gasteiger partial charge in [0.1, 0.15) is 18.1 Å². The van der Waals surface area contributed by atoms with Crippen molar-refractivity contribution in [3.05, 3.63) is 83.8 Å². The van der Waals surface area contributed by atoms with Crippen LogP contribution in [0.3, 0.4) is 0 Å². The summed E-state index contributed by atoms with van der Waals surface area (Å²) in [4.78, 5) is 12.2. The molecule has 1 heterocycles. The fraction of sp³-hybridized carbons (Fsp3) is 0.190. The number of urea groups is 1. The topological polar surface area (TPSA) is 72.7 Å². The van der Waals surface area contributed by atoms with Crippen molar-refractivity contribution in [2.75, 3.05) is 12.4 Å². The van der Waals surface area contributed by atoms with Gasteiger partial charge in [-0.25, -0.2) is 4.79 Å². The van der Waals surface area contributed by atoms with E-state index in [1.165, 1.54) is 0 Å². The first-order chi connectivity index (χ1) is 13.2. The Bertz CT molecular complexity index is 862. The van der Waals surface area contributed by atoms with Crippen LogP contribution >= 0.6 is 0 Å². The van der Waals surface area contributed by atoms with Gasteiger partial charge in [0.15, 0.2) is 0 Å². The zero-order valence-corrected chi connectivity index (χ0v) is 15.1. The molecule has 0 saturated carbocycles. The van der Waals surface area contributed by atoms with E-state index in [1.54, 1.807) is 13.4 Å². The van der Waals surface area contributed by atoms with E-state index in [2.05, 4.69) is 10.6 Å². The van der Waals surface area contributed by atoms with E-state index in [0.29, 0.717) is 25.4 Å². The number of rotatable bonds is 8. The quantitative estimate of drug-likeness (QED) is 0.622. The lowest BCUT2D eigenvalue weighted by molar-refractivity contribution is 0.0930. The van der Waals surface area contributed by atoms with Gasteiger partial charge in [0, 0.05) is 17.8 Å². The Hall–Kier alpha value is -3.25. The Morgan fingerprint density at radius 2 is 1.93 bits per heavy atom. The van der Waals surface area contributed by atoms with Crippen LogP contribution in [0.5, 0.6) is 5.75 Å². The summed E-state index contributed by atoms with van der Waals surface area (Å²) in [6.45, 7) is 1.21. The minimum absolute atomic E-state index is 0.283. The predicted molar refractivity (Wildman–Crippen MR) is 102 cm³/mol. The first-order valence-electron chi connectivity index (χ1n) is 8.60. The largest absolute Gasteiger partial charge is 0.496 e. The molecule has 140 valence electrons. The summed E-state index contributed by atoms with van der Waals surface area (Å²) in [5, 5.41) is 5.66. The number of hydrogen-bond donors (Lipinski definition) is 2. The predicted octanol–water partition coefficient (Wildman–Crippen LogP) is 4.33. The molecule has 0 atom stereocenters. The van der Waals surface area contributed by atoms with E-state index in [0.717, 1.165) is 22.6 Å². The molecule has 3 aromatic rings. The number of para-hydroxylation sites is 1. The van der Waals surface area contributed by atoms with E-state index >= 15 is 0 Å². The Morgan fingerprint density at radius 1 is 1.04 bits per heavy atom. The third kappa shape index (κ3) is 5.62. The summed E-state index contributed by atoms with van der Waals surface area (Å²) in [5.74, 6) is 1.52. The normalized spacial score (nSPS) is 10.4. The highest BCUT2D eigenvalue weighted by Crippen LogP contribution is 2.17. The second kappa shape index (κ2) is 9.45. The number of methoxy groups -OCH3 is 1. The van der Waals surface area contributed by atoms with Crippen LogP contribution < -0.4 is 15.4 Å². The summed E-state index contributed by atoms with van der Waals surface area (Å²) in [6, 6.07) is 18.5. The Kier molecular flexibility index (Phi) is 6.49. The smallest absolute Gasteiger partial charge is 0.319 e. The van der Waals surface area contributed by atoms with E-state index in [-0.39, 0.29) is 6.03 Å². The number of nitrogens with one attached hydrogen (secondary N) is 2. The highest BCUT2D eigenvalue weighted by atomic mass is 16.5. The molecule has 2 aromatic carbocycles. The third-order valence-electron chi connectivity index (χ3n) is 3.91. The maximum atomic E-state index is 12.2. The molecule has 6 nitrogen and oxygen atoms in total. The van der Waals surface area contributed by atoms with Crippen LogP contribution in [-0.2, 0) is 24.5 Å². The molecular weight excluding hydrogens is 344 g/mol. The van der Waals surface area contributed by atoms with Gasteiger partial charge >= 0.3 is 6.03 Å². The van der Waals surface area contributed by atoms with Crippen LogP contribution in [0.2, 0.25) is 0 Å². The molecule has 0 radical (unpaired) electrons. The molecule has 0 unspecified atom stereocenters. The van der Waals surface area contributed by atoms with E-state index < -0.39 is 0 Å². The lowest BCUT2D eigenvalue weighted by Crippen LogP contribution is -2.28. The molecule has 1 aromatic heterocycles.